The van der Waals surface area contributed by atoms with Crippen molar-refractivity contribution in [3.8, 4) is 6.01 Å². The van der Waals surface area contributed by atoms with E-state index < -0.39 is 0 Å². The zero-order valence-electron chi connectivity index (χ0n) is 8.08. The van der Waals surface area contributed by atoms with Crippen LogP contribution in [0.25, 0.3) is 0 Å². The van der Waals surface area contributed by atoms with Crippen molar-refractivity contribution >= 4 is 0 Å². The Kier molecular flexibility index (Phi) is 2.22. The molecule has 1 atom stereocenters. The molecule has 1 aromatic rings. The van der Waals surface area contributed by atoms with Crippen molar-refractivity contribution in [3.63, 3.8) is 0 Å². The van der Waals surface area contributed by atoms with E-state index in [1.807, 2.05) is 6.20 Å². The summed E-state index contributed by atoms with van der Waals surface area (Å²) in [4.78, 5) is 9.60. The second-order valence-corrected chi connectivity index (χ2v) is 3.60. The maximum Gasteiger partial charge on any atom is 0.293 e. The zero-order chi connectivity index (χ0) is 9.26. The van der Waals surface area contributed by atoms with Gasteiger partial charge in [-0.05, 0) is 20.0 Å². The van der Waals surface area contributed by atoms with E-state index >= 15 is 0 Å². The minimum absolute atomic E-state index is 0.599. The van der Waals surface area contributed by atoms with Crippen LogP contribution < -0.4 is 4.74 Å². The SMILES string of the molecule is COc1ncc(C2CCN(C)C2)[nH]1. The minimum atomic E-state index is 0.599. The van der Waals surface area contributed by atoms with Crippen molar-refractivity contribution < 1.29 is 4.74 Å². The monoisotopic (exact) mass is 181 g/mol. The molecule has 0 saturated carbocycles. The quantitative estimate of drug-likeness (QED) is 0.735. The molecule has 1 saturated heterocycles. The summed E-state index contributed by atoms with van der Waals surface area (Å²) in [6, 6.07) is 0.615. The van der Waals surface area contributed by atoms with E-state index in [0.717, 1.165) is 6.54 Å². The third-order valence-corrected chi connectivity index (χ3v) is 2.60. The van der Waals surface area contributed by atoms with Crippen molar-refractivity contribution in [2.75, 3.05) is 27.2 Å². The molecule has 0 aliphatic carbocycles. The van der Waals surface area contributed by atoms with Crippen LogP contribution in [-0.2, 0) is 0 Å². The molecule has 72 valence electrons. The van der Waals surface area contributed by atoms with E-state index in [2.05, 4.69) is 21.9 Å². The molecular weight excluding hydrogens is 166 g/mol. The molecule has 1 aromatic heterocycles. The molecule has 1 aliphatic rings. The summed E-state index contributed by atoms with van der Waals surface area (Å²) in [5.74, 6) is 0.599. The van der Waals surface area contributed by atoms with Gasteiger partial charge in [0.2, 0.25) is 0 Å². The van der Waals surface area contributed by atoms with Crippen LogP contribution in [0.4, 0.5) is 0 Å². The van der Waals surface area contributed by atoms with Gasteiger partial charge in [0.25, 0.3) is 6.01 Å². The fourth-order valence-electron chi connectivity index (χ4n) is 1.82. The van der Waals surface area contributed by atoms with Crippen molar-refractivity contribution in [3.05, 3.63) is 11.9 Å². The Morgan fingerprint density at radius 1 is 1.69 bits per heavy atom. The Bertz CT molecular complexity index is 284. The van der Waals surface area contributed by atoms with Crippen LogP contribution >= 0.6 is 0 Å². The van der Waals surface area contributed by atoms with Crippen LogP contribution in [0.15, 0.2) is 6.20 Å². The molecule has 2 heterocycles. The highest BCUT2D eigenvalue weighted by Crippen LogP contribution is 2.25. The van der Waals surface area contributed by atoms with Crippen molar-refractivity contribution in [1.29, 1.82) is 0 Å². The first-order chi connectivity index (χ1) is 6.29. The van der Waals surface area contributed by atoms with Crippen molar-refractivity contribution in [1.82, 2.24) is 14.9 Å². The van der Waals surface area contributed by atoms with E-state index in [0.29, 0.717) is 11.9 Å². The molecule has 1 N–H and O–H groups in total. The number of hydrogen-bond acceptors (Lipinski definition) is 3. The van der Waals surface area contributed by atoms with Gasteiger partial charge in [-0.15, -0.1) is 0 Å². The van der Waals surface area contributed by atoms with E-state index in [-0.39, 0.29) is 0 Å². The van der Waals surface area contributed by atoms with Crippen LogP contribution in [-0.4, -0.2) is 42.1 Å². The normalized spacial score (nSPS) is 23.7. The fourth-order valence-corrected chi connectivity index (χ4v) is 1.82. The Hall–Kier alpha value is -1.03. The number of likely N-dealkylation sites (N-methyl/N-ethyl adjacent to an activating group) is 1. The molecule has 4 heteroatoms. The first-order valence-electron chi connectivity index (χ1n) is 4.57. The molecule has 1 fully saturated rings. The van der Waals surface area contributed by atoms with Gasteiger partial charge in [-0.2, -0.15) is 0 Å². The lowest BCUT2D eigenvalue weighted by Crippen LogP contribution is -2.13. The Labute approximate surface area is 77.9 Å². The number of H-pyrrole nitrogens is 1. The third kappa shape index (κ3) is 1.67. The number of aromatic amines is 1. The standard InChI is InChI=1S/C9H15N3O/c1-12-4-3-7(6-12)8-5-10-9(11-8)13-2/h5,7H,3-4,6H2,1-2H3,(H,10,11). The molecule has 0 amide bonds. The van der Waals surface area contributed by atoms with Crippen LogP contribution in [0, 0.1) is 0 Å². The lowest BCUT2D eigenvalue weighted by molar-refractivity contribution is 0.382. The van der Waals surface area contributed by atoms with Crippen LogP contribution in [0.2, 0.25) is 0 Å². The summed E-state index contributed by atoms with van der Waals surface area (Å²) in [5.41, 5.74) is 1.20. The molecule has 4 nitrogen and oxygen atoms in total. The summed E-state index contributed by atoms with van der Waals surface area (Å²) in [6.45, 7) is 2.29. The van der Waals surface area contributed by atoms with E-state index in [9.17, 15) is 0 Å². The molecule has 0 radical (unpaired) electrons. The summed E-state index contributed by atoms with van der Waals surface area (Å²) < 4.78 is 5.00. The second kappa shape index (κ2) is 3.38. The number of likely N-dealkylation sites (tertiary alicyclic amines) is 1. The lowest BCUT2D eigenvalue weighted by atomic mass is 10.1. The fraction of sp³-hybridized carbons (Fsp3) is 0.667. The minimum Gasteiger partial charge on any atom is -0.468 e. The highest BCUT2D eigenvalue weighted by molar-refractivity contribution is 5.12. The number of imidazole rings is 1. The summed E-state index contributed by atoms with van der Waals surface area (Å²) in [6.07, 6.45) is 3.09. The number of hydrogen-bond donors (Lipinski definition) is 1. The van der Waals surface area contributed by atoms with Crippen LogP contribution in [0.5, 0.6) is 6.01 Å². The van der Waals surface area contributed by atoms with Gasteiger partial charge in [-0.1, -0.05) is 0 Å². The maximum absolute atomic E-state index is 5.00. The largest absolute Gasteiger partial charge is 0.468 e. The van der Waals surface area contributed by atoms with Gasteiger partial charge in [0, 0.05) is 18.2 Å². The lowest BCUT2D eigenvalue weighted by Gasteiger charge is -2.07. The number of ether oxygens (including phenoxy) is 1. The highest BCUT2D eigenvalue weighted by atomic mass is 16.5. The number of methoxy groups -OCH3 is 1. The van der Waals surface area contributed by atoms with E-state index in [4.69, 9.17) is 4.74 Å². The van der Waals surface area contributed by atoms with Gasteiger partial charge in [-0.25, -0.2) is 4.98 Å². The number of rotatable bonds is 2. The number of nitrogens with zero attached hydrogens (tertiary/aromatic N) is 2. The first kappa shape index (κ1) is 8.56. The first-order valence-corrected chi connectivity index (χ1v) is 4.57. The van der Waals surface area contributed by atoms with E-state index in [1.54, 1.807) is 7.11 Å². The number of aromatic nitrogens is 2. The highest BCUT2D eigenvalue weighted by Gasteiger charge is 2.22. The Morgan fingerprint density at radius 3 is 3.08 bits per heavy atom. The molecule has 0 aromatic carbocycles. The Morgan fingerprint density at radius 2 is 2.54 bits per heavy atom. The molecule has 1 aliphatic heterocycles. The number of nitrogens with one attached hydrogen (secondary N) is 1. The predicted octanol–water partition coefficient (Wildman–Crippen LogP) is 0.837. The van der Waals surface area contributed by atoms with Crippen LogP contribution in [0.1, 0.15) is 18.0 Å². The molecular formula is C9H15N3O. The second-order valence-electron chi connectivity index (χ2n) is 3.60. The van der Waals surface area contributed by atoms with Gasteiger partial charge in [0.1, 0.15) is 0 Å². The Balaban J connectivity index is 2.08. The average Bonchev–Trinajstić information content (AvgIpc) is 2.71. The summed E-state index contributed by atoms with van der Waals surface area (Å²) >= 11 is 0. The third-order valence-electron chi connectivity index (χ3n) is 2.60. The maximum atomic E-state index is 5.00. The molecule has 0 bridgehead atoms. The van der Waals surface area contributed by atoms with Crippen molar-refractivity contribution in [2.24, 2.45) is 0 Å². The molecule has 0 spiro atoms. The van der Waals surface area contributed by atoms with Gasteiger partial charge in [-0.3, -0.25) is 0 Å². The van der Waals surface area contributed by atoms with Gasteiger partial charge < -0.3 is 14.6 Å². The van der Waals surface area contributed by atoms with Gasteiger partial charge in [0.15, 0.2) is 0 Å². The summed E-state index contributed by atoms with van der Waals surface area (Å²) in [5, 5.41) is 0. The molecule has 2 rings (SSSR count). The van der Waals surface area contributed by atoms with Gasteiger partial charge in [0.05, 0.1) is 13.3 Å². The van der Waals surface area contributed by atoms with Crippen LogP contribution in [0.3, 0.4) is 0 Å². The van der Waals surface area contributed by atoms with E-state index in [1.165, 1.54) is 18.7 Å². The average molecular weight is 181 g/mol. The van der Waals surface area contributed by atoms with Gasteiger partial charge >= 0.3 is 0 Å². The topological polar surface area (TPSA) is 41.1 Å². The molecule has 1 unspecified atom stereocenters. The molecule has 13 heavy (non-hydrogen) atoms. The smallest absolute Gasteiger partial charge is 0.293 e. The summed E-state index contributed by atoms with van der Waals surface area (Å²) in [7, 11) is 3.77. The predicted molar refractivity (Wildman–Crippen MR) is 50.0 cm³/mol. The van der Waals surface area contributed by atoms with Crippen molar-refractivity contribution in [2.45, 2.75) is 12.3 Å². The zero-order valence-corrected chi connectivity index (χ0v) is 8.08.